The molecule has 2 aliphatic carbocycles. The zero-order valence-corrected chi connectivity index (χ0v) is 25.4. The largest absolute Gasteiger partial charge is 0.378 e. The normalized spacial score (nSPS) is 19.3. The van der Waals surface area contributed by atoms with Crippen LogP contribution in [0.1, 0.15) is 69.9 Å². The molecule has 1 heterocycles. The van der Waals surface area contributed by atoms with Crippen LogP contribution in [0.25, 0.3) is 0 Å². The Bertz CT molecular complexity index is 899. The van der Waals surface area contributed by atoms with Gasteiger partial charge < -0.3 is 36.5 Å². The quantitative estimate of drug-likeness (QED) is 0.278. The summed E-state index contributed by atoms with van der Waals surface area (Å²) in [7, 11) is 1.70. The summed E-state index contributed by atoms with van der Waals surface area (Å²) in [6.45, 7) is 7.22. The third kappa shape index (κ3) is 11.3. The summed E-state index contributed by atoms with van der Waals surface area (Å²) >= 11 is 0. The van der Waals surface area contributed by atoms with Crippen LogP contribution in [0.3, 0.4) is 0 Å². The molecule has 1 saturated heterocycles. The van der Waals surface area contributed by atoms with Gasteiger partial charge in [0.25, 0.3) is 0 Å². The maximum atomic E-state index is 13.0. The lowest BCUT2D eigenvalue weighted by atomic mass is 9.83. The lowest BCUT2D eigenvalue weighted by Gasteiger charge is -2.34. The van der Waals surface area contributed by atoms with Crippen LogP contribution in [-0.2, 0) is 36.7 Å². The SMILES string of the molecule is CC.CNCC(=O)NC(C(=O)N1CCCC1C(N)=O)C1CCCCC1.NCCOCCOC1Cc2ccccc2C1. The van der Waals surface area contributed by atoms with E-state index >= 15 is 0 Å². The number of nitrogens with two attached hydrogens (primary N) is 2. The van der Waals surface area contributed by atoms with Crippen LogP contribution in [0.4, 0.5) is 0 Å². The Kier molecular flexibility index (Phi) is 16.5. The highest BCUT2D eigenvalue weighted by molar-refractivity contribution is 5.92. The van der Waals surface area contributed by atoms with Crippen molar-refractivity contribution in [1.29, 1.82) is 0 Å². The van der Waals surface area contributed by atoms with E-state index in [2.05, 4.69) is 34.9 Å². The summed E-state index contributed by atoms with van der Waals surface area (Å²) in [6, 6.07) is 7.47. The van der Waals surface area contributed by atoms with Gasteiger partial charge in [-0.2, -0.15) is 0 Å². The minimum atomic E-state index is -0.545. The maximum Gasteiger partial charge on any atom is 0.246 e. The topological polar surface area (TPSA) is 149 Å². The summed E-state index contributed by atoms with van der Waals surface area (Å²) in [5, 5.41) is 5.68. The Labute approximate surface area is 246 Å². The van der Waals surface area contributed by atoms with E-state index in [9.17, 15) is 14.4 Å². The molecule has 0 bridgehead atoms. The van der Waals surface area contributed by atoms with Gasteiger partial charge in [0.05, 0.1) is 32.5 Å². The number of hydrogen-bond donors (Lipinski definition) is 4. The molecular weight excluding hydrogens is 522 g/mol. The molecule has 10 nitrogen and oxygen atoms in total. The van der Waals surface area contributed by atoms with Crippen molar-refractivity contribution in [3.05, 3.63) is 35.4 Å². The van der Waals surface area contributed by atoms with Gasteiger partial charge in [-0.15, -0.1) is 0 Å². The molecule has 0 radical (unpaired) electrons. The zero-order valence-electron chi connectivity index (χ0n) is 25.4. The number of ether oxygens (including phenoxy) is 2. The summed E-state index contributed by atoms with van der Waals surface area (Å²) in [4.78, 5) is 38.1. The van der Waals surface area contributed by atoms with Crippen molar-refractivity contribution >= 4 is 17.7 Å². The Morgan fingerprint density at radius 1 is 0.976 bits per heavy atom. The van der Waals surface area contributed by atoms with Crippen molar-refractivity contribution in [2.75, 3.05) is 46.5 Å². The molecule has 2 fully saturated rings. The predicted octanol–water partition coefficient (Wildman–Crippen LogP) is 1.92. The number of primary amides is 1. The third-order valence-electron chi connectivity index (χ3n) is 7.76. The van der Waals surface area contributed by atoms with Gasteiger partial charge in [0, 0.05) is 13.1 Å². The van der Waals surface area contributed by atoms with Crippen LogP contribution >= 0.6 is 0 Å². The Morgan fingerprint density at radius 3 is 2.22 bits per heavy atom. The van der Waals surface area contributed by atoms with Gasteiger partial charge in [0.1, 0.15) is 12.1 Å². The Balaban J connectivity index is 0.000000285. The first-order chi connectivity index (χ1) is 19.9. The minimum absolute atomic E-state index is 0.145. The number of benzene rings is 1. The van der Waals surface area contributed by atoms with E-state index in [-0.39, 0.29) is 24.3 Å². The fourth-order valence-corrected chi connectivity index (χ4v) is 5.83. The third-order valence-corrected chi connectivity index (χ3v) is 7.76. The first-order valence-corrected chi connectivity index (χ1v) is 15.4. The minimum Gasteiger partial charge on any atom is -0.378 e. The predicted molar refractivity (Wildman–Crippen MR) is 161 cm³/mol. The van der Waals surface area contributed by atoms with E-state index in [1.165, 1.54) is 17.5 Å². The average Bonchev–Trinajstić information content (AvgIpc) is 3.65. The Morgan fingerprint density at radius 2 is 1.63 bits per heavy atom. The van der Waals surface area contributed by atoms with Gasteiger partial charge in [-0.3, -0.25) is 14.4 Å². The summed E-state index contributed by atoms with van der Waals surface area (Å²) in [5.74, 6) is -0.653. The number of hydrogen-bond acceptors (Lipinski definition) is 7. The number of fused-ring (bicyclic) bond motifs is 1. The molecule has 1 saturated carbocycles. The summed E-state index contributed by atoms with van der Waals surface area (Å²) < 4.78 is 11.0. The average molecular weight is 576 g/mol. The van der Waals surface area contributed by atoms with E-state index < -0.39 is 18.0 Å². The fraction of sp³-hybridized carbons (Fsp3) is 0.710. The number of amides is 3. The fourth-order valence-electron chi connectivity index (χ4n) is 5.83. The van der Waals surface area contributed by atoms with Crippen molar-refractivity contribution in [3.63, 3.8) is 0 Å². The molecule has 3 amide bonds. The smallest absolute Gasteiger partial charge is 0.246 e. The van der Waals surface area contributed by atoms with Crippen LogP contribution in [0.15, 0.2) is 24.3 Å². The van der Waals surface area contributed by atoms with Gasteiger partial charge in [-0.05, 0) is 62.6 Å². The van der Waals surface area contributed by atoms with Gasteiger partial charge in [-0.1, -0.05) is 57.4 Å². The Hall–Kier alpha value is -2.53. The lowest BCUT2D eigenvalue weighted by Crippen LogP contribution is -2.56. The number of nitrogens with one attached hydrogen (secondary N) is 2. The first kappa shape index (κ1) is 34.7. The number of likely N-dealkylation sites (tertiary alicyclic amines) is 1. The zero-order chi connectivity index (χ0) is 30.0. The van der Waals surface area contributed by atoms with Gasteiger partial charge in [0.2, 0.25) is 17.7 Å². The molecule has 4 rings (SSSR count). The second kappa shape index (κ2) is 19.6. The van der Waals surface area contributed by atoms with E-state index in [0.29, 0.717) is 45.4 Å². The monoisotopic (exact) mass is 575 g/mol. The van der Waals surface area contributed by atoms with Gasteiger partial charge in [0.15, 0.2) is 0 Å². The van der Waals surface area contributed by atoms with Gasteiger partial charge >= 0.3 is 0 Å². The molecular formula is C31H53N5O5. The van der Waals surface area contributed by atoms with Crippen LogP contribution in [-0.4, -0.2) is 87.3 Å². The molecule has 0 spiro atoms. The second-order valence-corrected chi connectivity index (χ2v) is 10.6. The molecule has 0 aromatic heterocycles. The van der Waals surface area contributed by atoms with Crippen molar-refractivity contribution in [2.24, 2.45) is 17.4 Å². The van der Waals surface area contributed by atoms with E-state index in [1.54, 1.807) is 11.9 Å². The lowest BCUT2D eigenvalue weighted by molar-refractivity contribution is -0.142. The van der Waals surface area contributed by atoms with E-state index in [1.807, 2.05) is 13.8 Å². The number of carbonyl (C=O) groups is 3. The van der Waals surface area contributed by atoms with Crippen molar-refractivity contribution in [3.8, 4) is 0 Å². The second-order valence-electron chi connectivity index (χ2n) is 10.6. The molecule has 1 aromatic carbocycles. The van der Waals surface area contributed by atoms with Crippen molar-refractivity contribution in [1.82, 2.24) is 15.5 Å². The number of carbonyl (C=O) groups excluding carboxylic acids is 3. The van der Waals surface area contributed by atoms with Gasteiger partial charge in [-0.25, -0.2) is 0 Å². The number of rotatable bonds is 12. The van der Waals surface area contributed by atoms with Crippen LogP contribution in [0.5, 0.6) is 0 Å². The van der Waals surface area contributed by atoms with E-state index in [0.717, 1.165) is 44.9 Å². The first-order valence-electron chi connectivity index (χ1n) is 15.4. The number of likely N-dealkylation sites (N-methyl/N-ethyl adjacent to an activating group) is 1. The van der Waals surface area contributed by atoms with Crippen molar-refractivity contribution < 1.29 is 23.9 Å². The number of nitrogens with zero attached hydrogens (tertiary/aromatic N) is 1. The molecule has 2 unspecified atom stereocenters. The molecule has 232 valence electrons. The molecule has 1 aromatic rings. The summed E-state index contributed by atoms with van der Waals surface area (Å²) in [5.41, 5.74) is 13.6. The van der Waals surface area contributed by atoms with E-state index in [4.69, 9.17) is 20.9 Å². The highest BCUT2D eigenvalue weighted by atomic mass is 16.5. The maximum absolute atomic E-state index is 13.0. The standard InChI is InChI=1S/C16H28N4O3.C13H19NO2.C2H6/c1-18-10-13(21)19-14(11-6-3-2-4-7-11)16(23)20-9-5-8-12(20)15(17)22;14-5-6-15-7-8-16-13-9-11-3-1-2-4-12(11)10-13;1-2/h11-12,14,18H,2-10H2,1H3,(H2,17,22)(H,19,21);1-4,13H,5-10,14H2;1-2H3. The van der Waals surface area contributed by atoms with Crippen LogP contribution < -0.4 is 22.1 Å². The van der Waals surface area contributed by atoms with Crippen LogP contribution in [0, 0.1) is 5.92 Å². The highest BCUT2D eigenvalue weighted by Crippen LogP contribution is 2.29. The molecule has 1 aliphatic heterocycles. The summed E-state index contributed by atoms with van der Waals surface area (Å²) in [6.07, 6.45) is 9.00. The van der Waals surface area contributed by atoms with Crippen LogP contribution in [0.2, 0.25) is 0 Å². The highest BCUT2D eigenvalue weighted by Gasteiger charge is 2.39. The molecule has 10 heteroatoms. The molecule has 6 N–H and O–H groups in total. The van der Waals surface area contributed by atoms with Crippen molar-refractivity contribution in [2.45, 2.75) is 89.8 Å². The molecule has 3 aliphatic rings. The molecule has 41 heavy (non-hydrogen) atoms. The molecule has 2 atom stereocenters.